The number of hydrogen-bond acceptors (Lipinski definition) is 5. The standard InChI is InChI=1S/C17H15F5N4O2/c1-8-24-14(11(15(27)25-8)12(23)13(18)19)26-16(6-28-7-16)9-2-4-10(5-3-9)17(20,21)22/h2-5,13,23H,6-7H2,1H3,(H2,24,25,26,27). The van der Waals surface area contributed by atoms with Crippen molar-refractivity contribution in [2.75, 3.05) is 18.5 Å². The molecule has 6 nitrogen and oxygen atoms in total. The van der Waals surface area contributed by atoms with Crippen LogP contribution in [0.2, 0.25) is 0 Å². The number of alkyl halides is 5. The Kier molecular flexibility index (Phi) is 4.96. The van der Waals surface area contributed by atoms with Crippen LogP contribution in [0.1, 0.15) is 22.5 Å². The normalized spacial score (nSPS) is 16.0. The van der Waals surface area contributed by atoms with E-state index in [1.54, 1.807) is 0 Å². The fraction of sp³-hybridized carbons (Fsp3) is 0.353. The average molecular weight is 402 g/mol. The van der Waals surface area contributed by atoms with Gasteiger partial charge in [-0.25, -0.2) is 13.8 Å². The monoisotopic (exact) mass is 402 g/mol. The van der Waals surface area contributed by atoms with E-state index in [0.717, 1.165) is 12.1 Å². The van der Waals surface area contributed by atoms with Gasteiger partial charge in [0, 0.05) is 0 Å². The Morgan fingerprint density at radius 3 is 2.36 bits per heavy atom. The lowest BCUT2D eigenvalue weighted by Crippen LogP contribution is -2.53. The molecule has 1 aromatic heterocycles. The number of aromatic amines is 1. The van der Waals surface area contributed by atoms with Crippen molar-refractivity contribution >= 4 is 11.5 Å². The highest BCUT2D eigenvalue weighted by atomic mass is 19.4. The van der Waals surface area contributed by atoms with Crippen LogP contribution in [0.25, 0.3) is 0 Å². The average Bonchev–Trinajstić information content (AvgIpc) is 2.56. The van der Waals surface area contributed by atoms with E-state index in [-0.39, 0.29) is 24.9 Å². The number of ether oxygens (including phenoxy) is 1. The summed E-state index contributed by atoms with van der Waals surface area (Å²) in [6.07, 6.45) is -7.70. The molecular weight excluding hydrogens is 387 g/mol. The molecule has 28 heavy (non-hydrogen) atoms. The zero-order valence-corrected chi connectivity index (χ0v) is 14.5. The van der Waals surface area contributed by atoms with E-state index in [9.17, 15) is 26.7 Å². The first-order valence-corrected chi connectivity index (χ1v) is 8.05. The molecule has 0 aliphatic carbocycles. The summed E-state index contributed by atoms with van der Waals surface area (Å²) in [5.41, 5.74) is -4.24. The number of benzene rings is 1. The third-order valence-electron chi connectivity index (χ3n) is 4.34. The number of hydrogen-bond donors (Lipinski definition) is 3. The maximum atomic E-state index is 13.0. The molecule has 0 bridgehead atoms. The highest BCUT2D eigenvalue weighted by molar-refractivity contribution is 6.04. The van der Waals surface area contributed by atoms with Crippen LogP contribution in [0, 0.1) is 12.3 Å². The molecule has 2 heterocycles. The van der Waals surface area contributed by atoms with Crippen LogP contribution in [0.4, 0.5) is 27.8 Å². The second-order valence-corrected chi connectivity index (χ2v) is 6.36. The van der Waals surface area contributed by atoms with Crippen LogP contribution in [-0.4, -0.2) is 35.3 Å². The summed E-state index contributed by atoms with van der Waals surface area (Å²) in [6.45, 7) is 1.48. The molecule has 0 amide bonds. The highest BCUT2D eigenvalue weighted by Gasteiger charge is 2.42. The maximum absolute atomic E-state index is 13.0. The lowest BCUT2D eigenvalue weighted by Gasteiger charge is -2.43. The SMILES string of the molecule is Cc1nc(NC2(c3ccc(C(F)(F)F)cc3)COC2)c(C(=N)C(F)F)c(=O)[nH]1. The summed E-state index contributed by atoms with van der Waals surface area (Å²) in [4.78, 5) is 18.4. The predicted molar refractivity (Wildman–Crippen MR) is 90.0 cm³/mol. The fourth-order valence-electron chi connectivity index (χ4n) is 2.86. The van der Waals surface area contributed by atoms with Crippen LogP contribution in [0.3, 0.4) is 0 Å². The maximum Gasteiger partial charge on any atom is 0.416 e. The minimum Gasteiger partial charge on any atom is -0.376 e. The molecule has 11 heteroatoms. The Balaban J connectivity index is 2.02. The number of H-pyrrole nitrogens is 1. The van der Waals surface area contributed by atoms with Crippen LogP contribution < -0.4 is 10.9 Å². The van der Waals surface area contributed by atoms with Gasteiger partial charge < -0.3 is 15.0 Å². The zero-order chi connectivity index (χ0) is 20.7. The summed E-state index contributed by atoms with van der Waals surface area (Å²) in [7, 11) is 0. The molecule has 2 aromatic rings. The first-order valence-electron chi connectivity index (χ1n) is 8.05. The van der Waals surface area contributed by atoms with Crippen molar-refractivity contribution in [1.82, 2.24) is 9.97 Å². The Labute approximate surface area is 155 Å². The third-order valence-corrected chi connectivity index (χ3v) is 4.34. The van der Waals surface area contributed by atoms with Gasteiger partial charge in [-0.15, -0.1) is 0 Å². The van der Waals surface area contributed by atoms with Crippen molar-refractivity contribution in [1.29, 1.82) is 5.41 Å². The first kappa shape index (κ1) is 19.9. The largest absolute Gasteiger partial charge is 0.416 e. The molecule has 1 aliphatic rings. The summed E-state index contributed by atoms with van der Waals surface area (Å²) in [5, 5.41) is 10.4. The molecule has 3 N–H and O–H groups in total. The second-order valence-electron chi connectivity index (χ2n) is 6.36. The summed E-state index contributed by atoms with van der Waals surface area (Å²) >= 11 is 0. The Hall–Kier alpha value is -2.82. The van der Waals surface area contributed by atoms with Gasteiger partial charge in [-0.1, -0.05) is 12.1 Å². The first-order chi connectivity index (χ1) is 13.0. The Morgan fingerprint density at radius 1 is 1.29 bits per heavy atom. The summed E-state index contributed by atoms with van der Waals surface area (Å²) in [6, 6.07) is 4.29. The van der Waals surface area contributed by atoms with Gasteiger partial charge in [-0.2, -0.15) is 13.2 Å². The summed E-state index contributed by atoms with van der Waals surface area (Å²) in [5.74, 6) is -0.129. The van der Waals surface area contributed by atoms with E-state index in [4.69, 9.17) is 10.1 Å². The third kappa shape index (κ3) is 3.61. The number of halogens is 5. The molecule has 3 rings (SSSR count). The molecule has 150 valence electrons. The van der Waals surface area contributed by atoms with Gasteiger partial charge in [0.05, 0.1) is 18.8 Å². The molecule has 1 saturated heterocycles. The Bertz CT molecular complexity index is 950. The molecule has 1 fully saturated rings. The van der Waals surface area contributed by atoms with E-state index in [1.807, 2.05) is 0 Å². The van der Waals surface area contributed by atoms with Gasteiger partial charge in [0.1, 0.15) is 28.5 Å². The molecule has 0 spiro atoms. The fourth-order valence-corrected chi connectivity index (χ4v) is 2.86. The van der Waals surface area contributed by atoms with E-state index in [0.29, 0.717) is 5.56 Å². The number of rotatable bonds is 5. The van der Waals surface area contributed by atoms with Crippen LogP contribution in [0.15, 0.2) is 29.1 Å². The number of anilines is 1. The van der Waals surface area contributed by atoms with Crippen molar-refractivity contribution in [3.05, 3.63) is 57.1 Å². The number of aryl methyl sites for hydroxylation is 1. The van der Waals surface area contributed by atoms with Crippen LogP contribution in [-0.2, 0) is 16.5 Å². The molecule has 0 atom stereocenters. The van der Waals surface area contributed by atoms with Crippen molar-refractivity contribution in [2.24, 2.45) is 0 Å². The Morgan fingerprint density at radius 2 is 1.89 bits per heavy atom. The molecule has 1 aliphatic heterocycles. The van der Waals surface area contributed by atoms with Gasteiger partial charge in [0.25, 0.3) is 12.0 Å². The summed E-state index contributed by atoms with van der Waals surface area (Å²) < 4.78 is 69.6. The van der Waals surface area contributed by atoms with Gasteiger partial charge in [-0.3, -0.25) is 10.2 Å². The van der Waals surface area contributed by atoms with E-state index >= 15 is 0 Å². The highest BCUT2D eigenvalue weighted by Crippen LogP contribution is 2.36. The van der Waals surface area contributed by atoms with E-state index < -0.39 is 40.5 Å². The number of nitrogens with one attached hydrogen (secondary N) is 3. The van der Waals surface area contributed by atoms with Gasteiger partial charge >= 0.3 is 6.18 Å². The quantitative estimate of drug-likeness (QED) is 0.530. The van der Waals surface area contributed by atoms with Crippen molar-refractivity contribution in [3.8, 4) is 0 Å². The van der Waals surface area contributed by atoms with E-state index in [2.05, 4.69) is 15.3 Å². The van der Waals surface area contributed by atoms with Gasteiger partial charge in [0.2, 0.25) is 0 Å². The number of aromatic nitrogens is 2. The van der Waals surface area contributed by atoms with Crippen LogP contribution in [0.5, 0.6) is 0 Å². The van der Waals surface area contributed by atoms with Gasteiger partial charge in [0.15, 0.2) is 0 Å². The molecular formula is C17H15F5N4O2. The topological polar surface area (TPSA) is 90.9 Å². The van der Waals surface area contributed by atoms with Crippen molar-refractivity contribution in [2.45, 2.75) is 25.1 Å². The smallest absolute Gasteiger partial charge is 0.376 e. The minimum absolute atomic E-state index is 0.0212. The minimum atomic E-state index is -4.50. The number of nitrogens with zero attached hydrogens (tertiary/aromatic N) is 1. The van der Waals surface area contributed by atoms with Crippen molar-refractivity contribution in [3.63, 3.8) is 0 Å². The molecule has 0 unspecified atom stereocenters. The lowest BCUT2D eigenvalue weighted by molar-refractivity contribution is -0.137. The molecule has 1 aromatic carbocycles. The zero-order valence-electron chi connectivity index (χ0n) is 14.5. The second kappa shape index (κ2) is 6.97. The predicted octanol–water partition coefficient (Wildman–Crippen LogP) is 3.07. The molecule has 0 saturated carbocycles. The lowest BCUT2D eigenvalue weighted by atomic mass is 9.87. The van der Waals surface area contributed by atoms with Gasteiger partial charge in [-0.05, 0) is 24.6 Å². The van der Waals surface area contributed by atoms with E-state index in [1.165, 1.54) is 19.1 Å². The molecule has 0 radical (unpaired) electrons. The van der Waals surface area contributed by atoms with Crippen LogP contribution >= 0.6 is 0 Å². The van der Waals surface area contributed by atoms with Crippen molar-refractivity contribution < 1.29 is 26.7 Å².